The van der Waals surface area contributed by atoms with Crippen LogP contribution in [0.15, 0.2) is 24.3 Å². The summed E-state index contributed by atoms with van der Waals surface area (Å²) in [4.78, 5) is 39.7. The van der Waals surface area contributed by atoms with Crippen LogP contribution in [-0.2, 0) is 4.79 Å². The second-order valence-corrected chi connectivity index (χ2v) is 8.65. The first-order chi connectivity index (χ1) is 14.5. The molecular formula is C21H29N5O4S. The molecule has 2 rings (SSSR count). The van der Waals surface area contributed by atoms with Gasteiger partial charge in [-0.15, -0.1) is 0 Å². The van der Waals surface area contributed by atoms with Crippen LogP contribution in [0.1, 0.15) is 61.2 Å². The molecule has 0 radical (unpaired) electrons. The zero-order valence-electron chi connectivity index (χ0n) is 18.4. The predicted octanol–water partition coefficient (Wildman–Crippen LogP) is 2.56. The van der Waals surface area contributed by atoms with E-state index in [4.69, 9.17) is 16.2 Å². The van der Waals surface area contributed by atoms with Crippen molar-refractivity contribution in [2.75, 3.05) is 17.2 Å². The Morgan fingerprint density at radius 1 is 1.23 bits per heavy atom. The number of nitrogen functional groups attached to an aromatic ring is 1. The smallest absolute Gasteiger partial charge is 0.272 e. The van der Waals surface area contributed by atoms with E-state index >= 15 is 0 Å². The van der Waals surface area contributed by atoms with Crippen LogP contribution < -0.4 is 26.4 Å². The van der Waals surface area contributed by atoms with Crippen molar-refractivity contribution in [1.29, 1.82) is 0 Å². The number of benzene rings is 1. The summed E-state index contributed by atoms with van der Waals surface area (Å²) in [7, 11) is 0. The molecule has 0 aliphatic heterocycles. The minimum atomic E-state index is -0.855. The number of carbonyl (C=O) groups excluding carboxylic acids is 3. The largest absolute Gasteiger partial charge is 0.492 e. The van der Waals surface area contributed by atoms with Gasteiger partial charge in [-0.2, -0.15) is 4.37 Å². The third-order valence-corrected chi connectivity index (χ3v) is 5.15. The number of nitrogens with zero attached hydrogens (tertiary/aromatic N) is 2. The van der Waals surface area contributed by atoms with Crippen molar-refractivity contribution < 1.29 is 19.1 Å². The van der Waals surface area contributed by atoms with Crippen molar-refractivity contribution >= 4 is 40.6 Å². The number of primary amides is 1. The number of anilines is 2. The number of amides is 3. The van der Waals surface area contributed by atoms with E-state index in [1.165, 1.54) is 4.90 Å². The highest BCUT2D eigenvalue weighted by Crippen LogP contribution is 2.34. The molecule has 3 amide bonds. The Balaban J connectivity index is 2.64. The van der Waals surface area contributed by atoms with Crippen LogP contribution in [0, 0.1) is 0 Å². The first kappa shape index (κ1) is 24.1. The summed E-state index contributed by atoms with van der Waals surface area (Å²) >= 11 is 0.768. The molecule has 0 spiro atoms. The van der Waals surface area contributed by atoms with Gasteiger partial charge in [-0.25, -0.2) is 0 Å². The van der Waals surface area contributed by atoms with Crippen LogP contribution in [0.3, 0.4) is 0 Å². The molecule has 1 heterocycles. The summed E-state index contributed by atoms with van der Waals surface area (Å²) in [6.45, 7) is 9.58. The maximum atomic E-state index is 13.7. The zero-order chi connectivity index (χ0) is 23.3. The molecule has 0 unspecified atom stereocenters. The maximum Gasteiger partial charge on any atom is 0.272 e. The van der Waals surface area contributed by atoms with Gasteiger partial charge in [-0.05, 0) is 57.8 Å². The fourth-order valence-electron chi connectivity index (χ4n) is 3.03. The Morgan fingerprint density at radius 2 is 1.87 bits per heavy atom. The fraction of sp³-hybridized carbons (Fsp3) is 0.429. The average Bonchev–Trinajstić information content (AvgIpc) is 3.06. The lowest BCUT2D eigenvalue weighted by Gasteiger charge is -2.33. The molecule has 168 valence electrons. The number of nitrogens with one attached hydrogen (secondary N) is 1. The highest BCUT2D eigenvalue weighted by molar-refractivity contribution is 7.09. The molecular weight excluding hydrogens is 418 g/mol. The molecule has 0 fully saturated rings. The predicted molar refractivity (Wildman–Crippen MR) is 121 cm³/mol. The minimum Gasteiger partial charge on any atom is -0.492 e. The maximum absolute atomic E-state index is 13.7. The fourth-order valence-corrected chi connectivity index (χ4v) is 3.77. The Hall–Kier alpha value is -3.14. The van der Waals surface area contributed by atoms with E-state index in [9.17, 15) is 14.4 Å². The van der Waals surface area contributed by atoms with Crippen molar-refractivity contribution in [3.05, 3.63) is 34.8 Å². The molecule has 1 atom stereocenters. The second kappa shape index (κ2) is 9.78. The minimum absolute atomic E-state index is 0.0297. The molecule has 10 heteroatoms. The van der Waals surface area contributed by atoms with Gasteiger partial charge in [0.05, 0.1) is 18.0 Å². The molecule has 9 nitrogen and oxygen atoms in total. The quantitative estimate of drug-likeness (QED) is 0.568. The molecule has 1 aromatic heterocycles. The van der Waals surface area contributed by atoms with Crippen molar-refractivity contribution in [3.8, 4) is 5.75 Å². The van der Waals surface area contributed by atoms with Gasteiger partial charge in [0.25, 0.3) is 11.8 Å². The molecule has 2 aromatic rings. The number of rotatable bonds is 8. The Labute approximate surface area is 185 Å². The monoisotopic (exact) mass is 447 g/mol. The second-order valence-electron chi connectivity index (χ2n) is 7.88. The Morgan fingerprint density at radius 3 is 2.39 bits per heavy atom. The van der Waals surface area contributed by atoms with Crippen LogP contribution in [0.2, 0.25) is 0 Å². The van der Waals surface area contributed by atoms with E-state index in [0.717, 1.165) is 11.5 Å². The summed E-state index contributed by atoms with van der Waals surface area (Å²) in [5, 5.41) is 2.93. The number of carbonyl (C=O) groups is 3. The topological polar surface area (TPSA) is 141 Å². The van der Waals surface area contributed by atoms with Crippen LogP contribution in [0.5, 0.6) is 5.75 Å². The van der Waals surface area contributed by atoms with E-state index < -0.39 is 23.4 Å². The zero-order valence-corrected chi connectivity index (χ0v) is 19.2. The highest BCUT2D eigenvalue weighted by atomic mass is 32.1. The van der Waals surface area contributed by atoms with Gasteiger partial charge in [0.1, 0.15) is 16.7 Å². The Bertz CT molecular complexity index is 967. The van der Waals surface area contributed by atoms with E-state index in [1.807, 2.05) is 27.7 Å². The molecule has 0 aliphatic rings. The molecule has 0 bridgehead atoms. The SMILES string of the molecule is CCOc1ccccc1N(C(=O)c1snc(C(N)=O)c1N)[C@@H](CC)C(=O)NC(C)(C)C. The molecule has 0 saturated carbocycles. The standard InChI is InChI=1S/C21H29N5O4S/c1-6-12(19(28)24-21(3,4)5)26(13-10-8-9-11-14(13)30-7-2)20(29)17-15(22)16(18(23)27)25-31-17/h8-12H,6-7,22H2,1-5H3,(H2,23,27)(H,24,28)/t12-/m0/s1. The third kappa shape index (κ3) is 5.52. The van der Waals surface area contributed by atoms with Gasteiger partial charge in [0.2, 0.25) is 5.91 Å². The van der Waals surface area contributed by atoms with Crippen LogP contribution in [0.4, 0.5) is 11.4 Å². The van der Waals surface area contributed by atoms with Crippen molar-refractivity contribution in [2.24, 2.45) is 5.73 Å². The summed E-state index contributed by atoms with van der Waals surface area (Å²) in [5.41, 5.74) is 10.9. The summed E-state index contributed by atoms with van der Waals surface area (Å²) < 4.78 is 9.63. The first-order valence-electron chi connectivity index (χ1n) is 9.94. The van der Waals surface area contributed by atoms with Gasteiger partial charge in [0.15, 0.2) is 5.69 Å². The van der Waals surface area contributed by atoms with Crippen molar-refractivity contribution in [1.82, 2.24) is 9.69 Å². The van der Waals surface area contributed by atoms with Crippen molar-refractivity contribution in [3.63, 3.8) is 0 Å². The van der Waals surface area contributed by atoms with Crippen LogP contribution >= 0.6 is 11.5 Å². The summed E-state index contributed by atoms with van der Waals surface area (Å²) in [6, 6.07) is 6.09. The number of nitrogens with two attached hydrogens (primary N) is 2. The normalized spacial score (nSPS) is 12.2. The van der Waals surface area contributed by atoms with Crippen molar-refractivity contribution in [2.45, 2.75) is 52.6 Å². The average molecular weight is 448 g/mol. The van der Waals surface area contributed by atoms with E-state index in [2.05, 4.69) is 9.69 Å². The van der Waals surface area contributed by atoms with Gasteiger partial charge in [0, 0.05) is 5.54 Å². The third-order valence-electron chi connectivity index (χ3n) is 4.30. The van der Waals surface area contributed by atoms with Crippen LogP contribution in [0.25, 0.3) is 0 Å². The number of aromatic nitrogens is 1. The lowest BCUT2D eigenvalue weighted by Crippen LogP contribution is -2.54. The molecule has 5 N–H and O–H groups in total. The number of hydrogen-bond donors (Lipinski definition) is 3. The summed E-state index contributed by atoms with van der Waals surface area (Å²) in [6.07, 6.45) is 0.329. The van der Waals surface area contributed by atoms with E-state index in [-0.39, 0.29) is 22.2 Å². The van der Waals surface area contributed by atoms with Gasteiger partial charge in [-0.3, -0.25) is 19.3 Å². The summed E-state index contributed by atoms with van der Waals surface area (Å²) in [5.74, 6) is -1.27. The van der Waals surface area contributed by atoms with Crippen LogP contribution in [-0.4, -0.2) is 40.3 Å². The number of hydrogen-bond acceptors (Lipinski definition) is 7. The van der Waals surface area contributed by atoms with Gasteiger partial charge in [-0.1, -0.05) is 19.1 Å². The van der Waals surface area contributed by atoms with Gasteiger partial charge >= 0.3 is 0 Å². The molecule has 0 saturated heterocycles. The first-order valence-corrected chi connectivity index (χ1v) is 10.7. The lowest BCUT2D eigenvalue weighted by molar-refractivity contribution is -0.123. The number of ether oxygens (including phenoxy) is 1. The van der Waals surface area contributed by atoms with Gasteiger partial charge < -0.3 is 21.5 Å². The highest BCUT2D eigenvalue weighted by Gasteiger charge is 2.36. The molecule has 1 aromatic carbocycles. The van der Waals surface area contributed by atoms with E-state index in [0.29, 0.717) is 24.5 Å². The number of para-hydroxylation sites is 2. The van der Waals surface area contributed by atoms with E-state index in [1.54, 1.807) is 31.2 Å². The Kier molecular flexibility index (Phi) is 7.61. The molecule has 0 aliphatic carbocycles. The lowest BCUT2D eigenvalue weighted by atomic mass is 10.1. The molecule has 31 heavy (non-hydrogen) atoms.